The van der Waals surface area contributed by atoms with Gasteiger partial charge in [-0.15, -0.1) is 0 Å². The fourth-order valence-corrected chi connectivity index (χ4v) is 1.82. The quantitative estimate of drug-likeness (QED) is 0.875. The maximum Gasteiger partial charge on any atom is 0.153 e. The molecular formula is C14H19N3. The highest BCUT2D eigenvalue weighted by molar-refractivity contribution is 5.25. The van der Waals surface area contributed by atoms with Gasteiger partial charge in [0, 0.05) is 12.3 Å². The van der Waals surface area contributed by atoms with Gasteiger partial charge in [0.05, 0.1) is 0 Å². The van der Waals surface area contributed by atoms with Gasteiger partial charge < -0.3 is 0 Å². The molecule has 17 heavy (non-hydrogen) atoms. The van der Waals surface area contributed by atoms with Crippen LogP contribution < -0.4 is 0 Å². The molecule has 3 heteroatoms. The van der Waals surface area contributed by atoms with E-state index in [0.717, 1.165) is 24.5 Å². The minimum absolute atomic E-state index is 0.387. The van der Waals surface area contributed by atoms with Crippen molar-refractivity contribution in [3.8, 4) is 0 Å². The number of aromatic nitrogens is 3. The van der Waals surface area contributed by atoms with Gasteiger partial charge in [-0.05, 0) is 24.5 Å². The van der Waals surface area contributed by atoms with Crippen molar-refractivity contribution < 1.29 is 0 Å². The molecular weight excluding hydrogens is 210 g/mol. The molecule has 1 aromatic carbocycles. The zero-order chi connectivity index (χ0) is 12.3. The lowest BCUT2D eigenvalue weighted by atomic mass is 10.0. The normalized spacial score (nSPS) is 11.1. The van der Waals surface area contributed by atoms with E-state index in [1.54, 1.807) is 0 Å². The minimum atomic E-state index is 0.387. The predicted octanol–water partition coefficient (Wildman–Crippen LogP) is 3.02. The minimum Gasteiger partial charge on any atom is -0.263 e. The van der Waals surface area contributed by atoms with Crippen molar-refractivity contribution in [1.82, 2.24) is 15.2 Å². The summed E-state index contributed by atoms with van der Waals surface area (Å²) in [5.74, 6) is 2.28. The number of benzene rings is 1. The summed E-state index contributed by atoms with van der Waals surface area (Å²) in [4.78, 5) is 4.49. The van der Waals surface area contributed by atoms with Gasteiger partial charge in [0.2, 0.25) is 0 Å². The second-order valence-electron chi connectivity index (χ2n) is 4.72. The number of nitrogens with one attached hydrogen (secondary N) is 1. The monoisotopic (exact) mass is 229 g/mol. The Morgan fingerprint density at radius 3 is 2.59 bits per heavy atom. The fraction of sp³-hybridized carbons (Fsp3) is 0.429. The SMILES string of the molecule is Cc1ccccc1CCc1nc(C(C)C)n[nH]1. The van der Waals surface area contributed by atoms with Crippen molar-refractivity contribution in [3.63, 3.8) is 0 Å². The first-order chi connectivity index (χ1) is 8.16. The third-order valence-corrected chi connectivity index (χ3v) is 2.96. The zero-order valence-corrected chi connectivity index (χ0v) is 10.7. The van der Waals surface area contributed by atoms with Gasteiger partial charge in [-0.25, -0.2) is 4.98 Å². The number of aromatic amines is 1. The summed E-state index contributed by atoms with van der Waals surface area (Å²) in [6, 6.07) is 8.48. The Balaban J connectivity index is 2.00. The molecule has 0 radical (unpaired) electrons. The molecule has 0 fully saturated rings. The van der Waals surface area contributed by atoms with Crippen LogP contribution in [0.4, 0.5) is 0 Å². The maximum atomic E-state index is 4.49. The molecule has 1 N–H and O–H groups in total. The van der Waals surface area contributed by atoms with E-state index < -0.39 is 0 Å². The largest absolute Gasteiger partial charge is 0.263 e. The van der Waals surface area contributed by atoms with Crippen LogP contribution in [-0.4, -0.2) is 15.2 Å². The van der Waals surface area contributed by atoms with Crippen LogP contribution in [0.3, 0.4) is 0 Å². The van der Waals surface area contributed by atoms with E-state index >= 15 is 0 Å². The molecule has 0 amide bonds. The molecule has 0 aliphatic carbocycles. The molecule has 2 rings (SSSR count). The Bertz CT molecular complexity index is 486. The third kappa shape index (κ3) is 2.93. The van der Waals surface area contributed by atoms with Crippen LogP contribution in [0.5, 0.6) is 0 Å². The van der Waals surface area contributed by atoms with Crippen LogP contribution in [0, 0.1) is 6.92 Å². The highest BCUT2D eigenvalue weighted by Gasteiger charge is 2.07. The van der Waals surface area contributed by atoms with Gasteiger partial charge in [-0.2, -0.15) is 5.10 Å². The van der Waals surface area contributed by atoms with Gasteiger partial charge in [-0.3, -0.25) is 5.10 Å². The first-order valence-electron chi connectivity index (χ1n) is 6.12. The molecule has 0 aliphatic heterocycles. The molecule has 0 atom stereocenters. The Labute approximate surface area is 102 Å². The summed E-state index contributed by atoms with van der Waals surface area (Å²) in [6.07, 6.45) is 1.93. The van der Waals surface area contributed by atoms with Crippen LogP contribution in [0.15, 0.2) is 24.3 Å². The van der Waals surface area contributed by atoms with Crippen LogP contribution in [0.1, 0.15) is 42.5 Å². The number of rotatable bonds is 4. The van der Waals surface area contributed by atoms with Crippen LogP contribution in [0.25, 0.3) is 0 Å². The highest BCUT2D eigenvalue weighted by Crippen LogP contribution is 2.11. The fourth-order valence-electron chi connectivity index (χ4n) is 1.82. The van der Waals surface area contributed by atoms with E-state index in [0.29, 0.717) is 5.92 Å². The number of aryl methyl sites for hydroxylation is 3. The molecule has 3 nitrogen and oxygen atoms in total. The van der Waals surface area contributed by atoms with Crippen molar-refractivity contribution in [1.29, 1.82) is 0 Å². The summed E-state index contributed by atoms with van der Waals surface area (Å²) in [5.41, 5.74) is 2.73. The smallest absolute Gasteiger partial charge is 0.153 e. The number of hydrogen-bond acceptors (Lipinski definition) is 2. The lowest BCUT2D eigenvalue weighted by Gasteiger charge is -2.03. The first-order valence-corrected chi connectivity index (χ1v) is 6.12. The molecule has 90 valence electrons. The van der Waals surface area contributed by atoms with E-state index in [-0.39, 0.29) is 0 Å². The van der Waals surface area contributed by atoms with Gasteiger partial charge in [-0.1, -0.05) is 38.1 Å². The average molecular weight is 229 g/mol. The zero-order valence-electron chi connectivity index (χ0n) is 10.7. The molecule has 0 spiro atoms. The maximum absolute atomic E-state index is 4.49. The van der Waals surface area contributed by atoms with Gasteiger partial charge in [0.1, 0.15) is 5.82 Å². The van der Waals surface area contributed by atoms with E-state index in [9.17, 15) is 0 Å². The van der Waals surface area contributed by atoms with Crippen molar-refractivity contribution in [3.05, 3.63) is 47.0 Å². The standard InChI is InChI=1S/C14H19N3/c1-10(2)14-15-13(16-17-14)9-8-12-7-5-4-6-11(12)3/h4-7,10H,8-9H2,1-3H3,(H,15,16,17). The van der Waals surface area contributed by atoms with E-state index in [1.807, 2.05) is 0 Å². The molecule has 0 saturated carbocycles. The lowest BCUT2D eigenvalue weighted by molar-refractivity contribution is 0.780. The average Bonchev–Trinajstić information content (AvgIpc) is 2.77. The molecule has 0 saturated heterocycles. The highest BCUT2D eigenvalue weighted by atomic mass is 15.2. The Kier molecular flexibility index (Phi) is 3.57. The molecule has 1 aromatic heterocycles. The van der Waals surface area contributed by atoms with Gasteiger partial charge in [0.15, 0.2) is 5.82 Å². The van der Waals surface area contributed by atoms with Gasteiger partial charge >= 0.3 is 0 Å². The summed E-state index contributed by atoms with van der Waals surface area (Å²) < 4.78 is 0. The van der Waals surface area contributed by atoms with Crippen molar-refractivity contribution in [2.45, 2.75) is 39.5 Å². The van der Waals surface area contributed by atoms with Crippen LogP contribution in [0.2, 0.25) is 0 Å². The Morgan fingerprint density at radius 1 is 1.18 bits per heavy atom. The van der Waals surface area contributed by atoms with E-state index in [1.165, 1.54) is 11.1 Å². The van der Waals surface area contributed by atoms with E-state index in [2.05, 4.69) is 60.2 Å². The van der Waals surface area contributed by atoms with Crippen molar-refractivity contribution >= 4 is 0 Å². The molecule has 1 heterocycles. The lowest BCUT2D eigenvalue weighted by Crippen LogP contribution is -1.96. The second kappa shape index (κ2) is 5.13. The van der Waals surface area contributed by atoms with Crippen LogP contribution >= 0.6 is 0 Å². The van der Waals surface area contributed by atoms with E-state index in [4.69, 9.17) is 0 Å². The summed E-state index contributed by atoms with van der Waals surface area (Å²) in [5, 5.41) is 7.23. The summed E-state index contributed by atoms with van der Waals surface area (Å²) >= 11 is 0. The van der Waals surface area contributed by atoms with Crippen LogP contribution in [-0.2, 0) is 12.8 Å². The number of H-pyrrole nitrogens is 1. The first kappa shape index (κ1) is 11.8. The topological polar surface area (TPSA) is 41.6 Å². The second-order valence-corrected chi connectivity index (χ2v) is 4.72. The Morgan fingerprint density at radius 2 is 1.94 bits per heavy atom. The molecule has 0 unspecified atom stereocenters. The summed E-state index contributed by atoms with van der Waals surface area (Å²) in [7, 11) is 0. The molecule has 0 bridgehead atoms. The molecule has 2 aromatic rings. The summed E-state index contributed by atoms with van der Waals surface area (Å²) in [6.45, 7) is 6.36. The van der Waals surface area contributed by atoms with Crippen molar-refractivity contribution in [2.75, 3.05) is 0 Å². The predicted molar refractivity (Wildman–Crippen MR) is 69.1 cm³/mol. The Hall–Kier alpha value is -1.64. The van der Waals surface area contributed by atoms with Gasteiger partial charge in [0.25, 0.3) is 0 Å². The van der Waals surface area contributed by atoms with Crippen molar-refractivity contribution in [2.24, 2.45) is 0 Å². The third-order valence-electron chi connectivity index (χ3n) is 2.96. The number of hydrogen-bond donors (Lipinski definition) is 1. The molecule has 0 aliphatic rings. The number of nitrogens with zero attached hydrogens (tertiary/aromatic N) is 2.